The van der Waals surface area contributed by atoms with Crippen molar-refractivity contribution in [3.05, 3.63) is 41.9 Å². The zero-order valence-corrected chi connectivity index (χ0v) is 10.6. The van der Waals surface area contributed by atoms with Crippen LogP contribution in [0.25, 0.3) is 0 Å². The molecule has 0 saturated carbocycles. The average molecular weight is 276 g/mol. The highest BCUT2D eigenvalue weighted by atomic mass is 16.4. The van der Waals surface area contributed by atoms with E-state index >= 15 is 0 Å². The lowest BCUT2D eigenvalue weighted by molar-refractivity contribution is 0.0691. The van der Waals surface area contributed by atoms with Gasteiger partial charge in [0, 0.05) is 6.20 Å². The van der Waals surface area contributed by atoms with Crippen LogP contribution in [0.15, 0.2) is 28.9 Å². The number of pyridine rings is 1. The monoisotopic (exact) mass is 276 g/mol. The highest BCUT2D eigenvalue weighted by Crippen LogP contribution is 2.11. The number of urea groups is 1. The number of oxazole rings is 1. The third kappa shape index (κ3) is 3.31. The number of carboxylic acid groups (broad SMARTS) is 1. The van der Waals surface area contributed by atoms with E-state index in [2.05, 4.69) is 20.6 Å². The predicted octanol–water partition coefficient (Wildman–Crippen LogP) is 1.40. The number of rotatable bonds is 4. The second-order valence-corrected chi connectivity index (χ2v) is 3.88. The van der Waals surface area contributed by atoms with Crippen LogP contribution >= 0.6 is 0 Å². The van der Waals surface area contributed by atoms with E-state index in [-0.39, 0.29) is 17.9 Å². The Morgan fingerprint density at radius 3 is 2.85 bits per heavy atom. The number of hydrogen-bond acceptors (Lipinski definition) is 5. The number of amides is 2. The van der Waals surface area contributed by atoms with Crippen molar-refractivity contribution < 1.29 is 19.1 Å². The lowest BCUT2D eigenvalue weighted by Gasteiger charge is -2.07. The van der Waals surface area contributed by atoms with Gasteiger partial charge in [-0.05, 0) is 19.1 Å². The molecule has 0 fully saturated rings. The van der Waals surface area contributed by atoms with Crippen molar-refractivity contribution in [2.75, 3.05) is 5.32 Å². The van der Waals surface area contributed by atoms with Crippen LogP contribution in [-0.4, -0.2) is 27.1 Å². The summed E-state index contributed by atoms with van der Waals surface area (Å²) < 4.78 is 5.19. The van der Waals surface area contributed by atoms with Crippen molar-refractivity contribution in [1.29, 1.82) is 0 Å². The molecular formula is C12H12N4O4. The maximum absolute atomic E-state index is 11.7. The van der Waals surface area contributed by atoms with Gasteiger partial charge in [-0.2, -0.15) is 0 Å². The van der Waals surface area contributed by atoms with Gasteiger partial charge in [-0.1, -0.05) is 0 Å². The van der Waals surface area contributed by atoms with Crippen LogP contribution in [-0.2, 0) is 6.54 Å². The fourth-order valence-corrected chi connectivity index (χ4v) is 1.48. The number of carboxylic acids is 1. The van der Waals surface area contributed by atoms with Crippen molar-refractivity contribution in [2.45, 2.75) is 13.5 Å². The average Bonchev–Trinajstić information content (AvgIpc) is 2.83. The maximum Gasteiger partial charge on any atom is 0.356 e. The van der Waals surface area contributed by atoms with E-state index in [0.29, 0.717) is 11.7 Å². The van der Waals surface area contributed by atoms with Crippen LogP contribution in [0.4, 0.5) is 10.5 Å². The largest absolute Gasteiger partial charge is 0.476 e. The Bertz CT molecular complexity index is 638. The Balaban J connectivity index is 1.96. The fraction of sp³-hybridized carbons (Fsp3) is 0.167. The van der Waals surface area contributed by atoms with Gasteiger partial charge < -0.3 is 20.2 Å². The van der Waals surface area contributed by atoms with Crippen LogP contribution in [0.2, 0.25) is 0 Å². The third-order valence-corrected chi connectivity index (χ3v) is 2.33. The SMILES string of the molecule is Cc1cnc(CNC(=O)Nc2cccnc2C(=O)O)o1. The van der Waals surface area contributed by atoms with E-state index in [9.17, 15) is 9.59 Å². The summed E-state index contributed by atoms with van der Waals surface area (Å²) in [5.41, 5.74) is -0.115. The quantitative estimate of drug-likeness (QED) is 0.776. The number of nitrogens with zero attached hydrogens (tertiary/aromatic N) is 2. The number of aromatic nitrogens is 2. The highest BCUT2D eigenvalue weighted by Gasteiger charge is 2.13. The normalized spacial score (nSPS) is 10.1. The van der Waals surface area contributed by atoms with E-state index in [1.165, 1.54) is 18.3 Å². The molecule has 0 aliphatic carbocycles. The van der Waals surface area contributed by atoms with Crippen LogP contribution < -0.4 is 10.6 Å². The lowest BCUT2D eigenvalue weighted by Crippen LogP contribution is -2.29. The summed E-state index contributed by atoms with van der Waals surface area (Å²) >= 11 is 0. The number of nitrogens with one attached hydrogen (secondary N) is 2. The molecule has 0 aliphatic heterocycles. The van der Waals surface area contributed by atoms with Crippen molar-refractivity contribution in [2.24, 2.45) is 0 Å². The molecule has 104 valence electrons. The van der Waals surface area contributed by atoms with E-state index in [1.807, 2.05) is 0 Å². The summed E-state index contributed by atoms with van der Waals surface area (Å²) in [6.07, 6.45) is 2.88. The minimum atomic E-state index is -1.22. The molecule has 3 N–H and O–H groups in total. The molecule has 0 spiro atoms. The van der Waals surface area contributed by atoms with E-state index in [1.54, 1.807) is 13.1 Å². The van der Waals surface area contributed by atoms with Gasteiger partial charge in [-0.3, -0.25) is 0 Å². The van der Waals surface area contributed by atoms with E-state index < -0.39 is 12.0 Å². The first kappa shape index (κ1) is 13.5. The first-order chi connectivity index (χ1) is 9.56. The second kappa shape index (κ2) is 5.83. The fourth-order valence-electron chi connectivity index (χ4n) is 1.48. The summed E-state index contributed by atoms with van der Waals surface area (Å²) in [7, 11) is 0. The van der Waals surface area contributed by atoms with Crippen LogP contribution in [0.3, 0.4) is 0 Å². The van der Waals surface area contributed by atoms with Gasteiger partial charge in [0.25, 0.3) is 0 Å². The molecule has 0 saturated heterocycles. The number of anilines is 1. The standard InChI is InChI=1S/C12H12N4O4/c1-7-5-14-9(20-7)6-15-12(19)16-8-3-2-4-13-10(8)11(17)18/h2-5H,6H2,1H3,(H,17,18)(H2,15,16,19). The summed E-state index contributed by atoms with van der Waals surface area (Å²) in [5, 5.41) is 13.8. The summed E-state index contributed by atoms with van der Waals surface area (Å²) in [6.45, 7) is 1.84. The van der Waals surface area contributed by atoms with Crippen molar-refractivity contribution in [3.63, 3.8) is 0 Å². The molecule has 8 heteroatoms. The zero-order chi connectivity index (χ0) is 14.5. The number of carbonyl (C=O) groups excluding carboxylic acids is 1. The molecule has 0 radical (unpaired) electrons. The zero-order valence-electron chi connectivity index (χ0n) is 10.6. The van der Waals surface area contributed by atoms with Crippen LogP contribution in [0.5, 0.6) is 0 Å². The van der Waals surface area contributed by atoms with Gasteiger partial charge in [0.15, 0.2) is 5.69 Å². The first-order valence-corrected chi connectivity index (χ1v) is 5.70. The second-order valence-electron chi connectivity index (χ2n) is 3.88. The third-order valence-electron chi connectivity index (χ3n) is 2.33. The molecule has 0 bridgehead atoms. The molecule has 2 heterocycles. The number of aromatic carboxylic acids is 1. The molecule has 8 nitrogen and oxygen atoms in total. The number of aryl methyl sites for hydroxylation is 1. The molecule has 0 atom stereocenters. The Hall–Kier alpha value is -2.90. The summed E-state index contributed by atoms with van der Waals surface area (Å²) in [5.74, 6) is -0.214. The highest BCUT2D eigenvalue weighted by molar-refractivity contribution is 5.98. The minimum absolute atomic E-state index is 0.0995. The van der Waals surface area contributed by atoms with Gasteiger partial charge in [0.2, 0.25) is 5.89 Å². The van der Waals surface area contributed by atoms with Gasteiger partial charge in [0.05, 0.1) is 18.4 Å². The number of carbonyl (C=O) groups is 2. The molecular weight excluding hydrogens is 264 g/mol. The molecule has 2 aromatic rings. The summed E-state index contributed by atoms with van der Waals surface area (Å²) in [4.78, 5) is 30.2. The van der Waals surface area contributed by atoms with Gasteiger partial charge in [-0.25, -0.2) is 19.6 Å². The predicted molar refractivity (Wildman–Crippen MR) is 68.3 cm³/mol. The van der Waals surface area contributed by atoms with Crippen molar-refractivity contribution in [1.82, 2.24) is 15.3 Å². The van der Waals surface area contributed by atoms with Gasteiger partial charge in [0.1, 0.15) is 5.76 Å². The Morgan fingerprint density at radius 2 is 2.20 bits per heavy atom. The van der Waals surface area contributed by atoms with Crippen LogP contribution in [0, 0.1) is 6.92 Å². The Kier molecular flexibility index (Phi) is 3.94. The molecule has 0 unspecified atom stereocenters. The minimum Gasteiger partial charge on any atom is -0.476 e. The van der Waals surface area contributed by atoms with Crippen molar-refractivity contribution >= 4 is 17.7 Å². The maximum atomic E-state index is 11.7. The molecule has 0 aromatic carbocycles. The molecule has 0 aliphatic rings. The van der Waals surface area contributed by atoms with E-state index in [4.69, 9.17) is 9.52 Å². The van der Waals surface area contributed by atoms with Gasteiger partial charge >= 0.3 is 12.0 Å². The number of hydrogen-bond donors (Lipinski definition) is 3. The smallest absolute Gasteiger partial charge is 0.356 e. The van der Waals surface area contributed by atoms with Gasteiger partial charge in [-0.15, -0.1) is 0 Å². The first-order valence-electron chi connectivity index (χ1n) is 5.70. The molecule has 2 aromatic heterocycles. The van der Waals surface area contributed by atoms with Crippen molar-refractivity contribution in [3.8, 4) is 0 Å². The topological polar surface area (TPSA) is 117 Å². The Morgan fingerprint density at radius 1 is 1.40 bits per heavy atom. The molecule has 20 heavy (non-hydrogen) atoms. The molecule has 2 amide bonds. The Labute approximate surface area is 113 Å². The van der Waals surface area contributed by atoms with Crippen LogP contribution in [0.1, 0.15) is 22.1 Å². The summed E-state index contributed by atoms with van der Waals surface area (Å²) in [6, 6.07) is 2.40. The molecule has 2 rings (SSSR count). The van der Waals surface area contributed by atoms with E-state index in [0.717, 1.165) is 0 Å². The lowest BCUT2D eigenvalue weighted by atomic mass is 10.3.